The molecule has 0 heterocycles. The first-order valence-electron chi connectivity index (χ1n) is 4.58. The Morgan fingerprint density at radius 2 is 1.93 bits per heavy atom. The van der Waals surface area contributed by atoms with Gasteiger partial charge in [-0.3, -0.25) is 0 Å². The fourth-order valence-electron chi connectivity index (χ4n) is 1.09. The fourth-order valence-corrected chi connectivity index (χ4v) is 1.09. The summed E-state index contributed by atoms with van der Waals surface area (Å²) in [4.78, 5) is 0. The van der Waals surface area contributed by atoms with Crippen LogP contribution in [-0.4, -0.2) is 10.7 Å². The van der Waals surface area contributed by atoms with Crippen molar-refractivity contribution in [1.29, 1.82) is 0 Å². The summed E-state index contributed by atoms with van der Waals surface area (Å²) in [7, 11) is 0. The summed E-state index contributed by atoms with van der Waals surface area (Å²) >= 11 is 0. The average Bonchev–Trinajstić information content (AvgIpc) is 2.17. The molecule has 14 heavy (non-hydrogen) atoms. The Balaban J connectivity index is 2.83. The van der Waals surface area contributed by atoms with Crippen molar-refractivity contribution in [3.8, 4) is 11.8 Å². The second kappa shape index (κ2) is 4.64. The molecule has 0 aliphatic carbocycles. The molecule has 1 rings (SSSR count). The summed E-state index contributed by atoms with van der Waals surface area (Å²) in [5.41, 5.74) is -0.123. The molecule has 1 nitrogen and oxygen atoms in total. The molecule has 1 atom stereocenters. The second-order valence-electron chi connectivity index (χ2n) is 3.26. The number of hydrogen-bond donors (Lipinski definition) is 1. The maximum absolute atomic E-state index is 9.72. The van der Waals surface area contributed by atoms with Gasteiger partial charge in [-0.2, -0.15) is 0 Å². The Morgan fingerprint density at radius 3 is 2.50 bits per heavy atom. The molecule has 1 heteroatoms. The monoisotopic (exact) mass is 186 g/mol. The lowest BCUT2D eigenvalue weighted by Gasteiger charge is -2.08. The fraction of sp³-hybridized carbons (Fsp3) is 0.231. The first-order chi connectivity index (χ1) is 6.64. The van der Waals surface area contributed by atoms with Crippen LogP contribution in [0.1, 0.15) is 19.4 Å². The third-order valence-electron chi connectivity index (χ3n) is 1.72. The number of aliphatic hydroxyl groups is 1. The van der Waals surface area contributed by atoms with E-state index in [1.807, 2.05) is 37.3 Å². The predicted molar refractivity (Wildman–Crippen MR) is 58.8 cm³/mol. The average molecular weight is 186 g/mol. The minimum atomic E-state index is -1.04. The van der Waals surface area contributed by atoms with E-state index in [4.69, 9.17) is 0 Å². The third-order valence-corrected chi connectivity index (χ3v) is 1.72. The molecule has 0 saturated carbocycles. The van der Waals surface area contributed by atoms with Gasteiger partial charge < -0.3 is 5.11 Å². The summed E-state index contributed by atoms with van der Waals surface area (Å²) < 4.78 is 0. The Morgan fingerprint density at radius 1 is 1.29 bits per heavy atom. The highest BCUT2D eigenvalue weighted by Crippen LogP contribution is 2.04. The highest BCUT2D eigenvalue weighted by Gasteiger charge is 2.09. The van der Waals surface area contributed by atoms with Crippen molar-refractivity contribution in [2.75, 3.05) is 0 Å². The van der Waals surface area contributed by atoms with Gasteiger partial charge in [0.05, 0.1) is 0 Å². The van der Waals surface area contributed by atoms with Crippen molar-refractivity contribution in [3.05, 3.63) is 48.0 Å². The van der Waals surface area contributed by atoms with E-state index in [9.17, 15) is 5.11 Å². The van der Waals surface area contributed by atoms with Crippen molar-refractivity contribution in [1.82, 2.24) is 0 Å². The summed E-state index contributed by atoms with van der Waals surface area (Å²) in [6.07, 6.45) is 3.46. The summed E-state index contributed by atoms with van der Waals surface area (Å²) in [6.45, 7) is 3.53. The Bertz CT molecular complexity index is 363. The number of rotatable bonds is 1. The minimum Gasteiger partial charge on any atom is -0.374 e. The van der Waals surface area contributed by atoms with Crippen LogP contribution in [0.5, 0.6) is 0 Å². The van der Waals surface area contributed by atoms with Crippen LogP contribution in [0.3, 0.4) is 0 Å². The van der Waals surface area contributed by atoms with Gasteiger partial charge in [-0.05, 0) is 32.1 Å². The molecule has 0 spiro atoms. The van der Waals surface area contributed by atoms with Gasteiger partial charge in [-0.1, -0.05) is 36.1 Å². The molecular formula is C13H14O. The van der Waals surface area contributed by atoms with Gasteiger partial charge in [0.25, 0.3) is 0 Å². The molecule has 1 aromatic carbocycles. The van der Waals surface area contributed by atoms with Gasteiger partial charge in [0, 0.05) is 5.56 Å². The zero-order valence-corrected chi connectivity index (χ0v) is 8.49. The topological polar surface area (TPSA) is 20.2 Å². The molecule has 0 radical (unpaired) electrons. The second-order valence-corrected chi connectivity index (χ2v) is 3.26. The molecule has 0 saturated heterocycles. The molecular weight excluding hydrogens is 172 g/mol. The molecule has 1 unspecified atom stereocenters. The standard InChI is InChI=1S/C13H14O/c1-3-10-13(2,14)11-9-12-7-5-4-6-8-12/h3-8,10,14H,1-2H3/b10-3+. The quantitative estimate of drug-likeness (QED) is 0.527. The van der Waals surface area contributed by atoms with Crippen LogP contribution in [0.15, 0.2) is 42.5 Å². The van der Waals surface area contributed by atoms with E-state index in [1.165, 1.54) is 0 Å². The molecule has 0 aliphatic rings. The largest absolute Gasteiger partial charge is 0.374 e. The van der Waals surface area contributed by atoms with Crippen molar-refractivity contribution in [3.63, 3.8) is 0 Å². The first-order valence-corrected chi connectivity index (χ1v) is 4.58. The maximum atomic E-state index is 9.72. The van der Waals surface area contributed by atoms with Crippen molar-refractivity contribution in [2.45, 2.75) is 19.4 Å². The van der Waals surface area contributed by atoms with Crippen LogP contribution in [0.25, 0.3) is 0 Å². The van der Waals surface area contributed by atoms with E-state index in [0.717, 1.165) is 5.56 Å². The summed E-state index contributed by atoms with van der Waals surface area (Å²) in [5, 5.41) is 9.72. The Labute approximate surface area is 85.1 Å². The third kappa shape index (κ3) is 3.47. The van der Waals surface area contributed by atoms with Crippen LogP contribution in [0.2, 0.25) is 0 Å². The van der Waals surface area contributed by atoms with Gasteiger partial charge in [0.2, 0.25) is 0 Å². The molecule has 0 aromatic heterocycles. The van der Waals surface area contributed by atoms with Crippen LogP contribution in [0.4, 0.5) is 0 Å². The molecule has 0 fully saturated rings. The van der Waals surface area contributed by atoms with Gasteiger partial charge >= 0.3 is 0 Å². The zero-order chi connectivity index (χ0) is 10.4. The Hall–Kier alpha value is -1.52. The molecule has 0 aliphatic heterocycles. The van der Waals surface area contributed by atoms with Crippen LogP contribution >= 0.6 is 0 Å². The minimum absolute atomic E-state index is 0.914. The molecule has 72 valence electrons. The van der Waals surface area contributed by atoms with Crippen LogP contribution in [-0.2, 0) is 0 Å². The lowest BCUT2D eigenvalue weighted by Crippen LogP contribution is -2.17. The lowest BCUT2D eigenvalue weighted by molar-refractivity contribution is 0.174. The maximum Gasteiger partial charge on any atom is 0.141 e. The molecule has 0 amide bonds. The van der Waals surface area contributed by atoms with Gasteiger partial charge in [0.15, 0.2) is 0 Å². The smallest absolute Gasteiger partial charge is 0.141 e. The number of benzene rings is 1. The molecule has 1 aromatic rings. The number of allylic oxidation sites excluding steroid dienone is 1. The lowest BCUT2D eigenvalue weighted by atomic mass is 10.1. The SMILES string of the molecule is C/C=C/C(C)(O)C#Cc1ccccc1. The van der Waals surface area contributed by atoms with Crippen LogP contribution in [0, 0.1) is 11.8 Å². The van der Waals surface area contributed by atoms with Gasteiger partial charge in [-0.25, -0.2) is 0 Å². The predicted octanol–water partition coefficient (Wildman–Crippen LogP) is 2.37. The summed E-state index contributed by atoms with van der Waals surface area (Å²) in [6, 6.07) is 9.62. The van der Waals surface area contributed by atoms with E-state index in [0.29, 0.717) is 0 Å². The van der Waals surface area contributed by atoms with Gasteiger partial charge in [-0.15, -0.1) is 0 Å². The van der Waals surface area contributed by atoms with Crippen molar-refractivity contribution >= 4 is 0 Å². The Kier molecular flexibility index (Phi) is 3.50. The van der Waals surface area contributed by atoms with Crippen molar-refractivity contribution < 1.29 is 5.11 Å². The van der Waals surface area contributed by atoms with E-state index in [1.54, 1.807) is 19.1 Å². The summed E-state index contributed by atoms with van der Waals surface area (Å²) in [5.74, 6) is 5.71. The molecule has 0 bridgehead atoms. The van der Waals surface area contributed by atoms with E-state index < -0.39 is 5.60 Å². The highest BCUT2D eigenvalue weighted by molar-refractivity contribution is 5.37. The normalized spacial score (nSPS) is 14.5. The first kappa shape index (κ1) is 10.6. The zero-order valence-electron chi connectivity index (χ0n) is 8.49. The van der Waals surface area contributed by atoms with E-state index in [-0.39, 0.29) is 0 Å². The van der Waals surface area contributed by atoms with Gasteiger partial charge in [0.1, 0.15) is 5.60 Å². The van der Waals surface area contributed by atoms with Crippen molar-refractivity contribution in [2.24, 2.45) is 0 Å². The number of hydrogen-bond acceptors (Lipinski definition) is 1. The molecule has 1 N–H and O–H groups in total. The highest BCUT2D eigenvalue weighted by atomic mass is 16.3. The van der Waals surface area contributed by atoms with E-state index >= 15 is 0 Å². The van der Waals surface area contributed by atoms with E-state index in [2.05, 4.69) is 11.8 Å². The van der Waals surface area contributed by atoms with Crippen LogP contribution < -0.4 is 0 Å².